The number of anilines is 1. The van der Waals surface area contributed by atoms with Crippen LogP contribution in [0.25, 0.3) is 0 Å². The highest BCUT2D eigenvalue weighted by Gasteiger charge is 2.54. The van der Waals surface area contributed by atoms with Gasteiger partial charge in [0.25, 0.3) is 11.8 Å². The number of nitrogens with zero attached hydrogens (tertiary/aromatic N) is 5. The maximum Gasteiger partial charge on any atom is 0.358 e. The van der Waals surface area contributed by atoms with Crippen LogP contribution in [0.1, 0.15) is 45.0 Å². The third kappa shape index (κ3) is 7.48. The molecule has 1 saturated heterocycles. The van der Waals surface area contributed by atoms with Gasteiger partial charge in [-0.25, -0.2) is 4.79 Å². The molecule has 0 radical (unpaired) electrons. The lowest BCUT2D eigenvalue weighted by Crippen LogP contribution is -2.72. The molecule has 15 nitrogen and oxygen atoms in total. The quantitative estimate of drug-likeness (QED) is 0.0480. The van der Waals surface area contributed by atoms with Gasteiger partial charge in [0.2, 0.25) is 18.3 Å². The van der Waals surface area contributed by atoms with Crippen LogP contribution in [-0.4, -0.2) is 85.1 Å². The minimum atomic E-state index is -1.02. The molecule has 2 aliphatic heterocycles. The summed E-state index contributed by atoms with van der Waals surface area (Å²) in [5, 5.41) is 15.0. The van der Waals surface area contributed by atoms with E-state index in [9.17, 15) is 24.4 Å². The molecule has 2 aliphatic rings. The number of aromatic nitrogens is 3. The molecule has 236 valence electrons. The van der Waals surface area contributed by atoms with Gasteiger partial charge in [-0.1, -0.05) is 16.9 Å². The normalized spacial score (nSPS) is 18.4. The molecule has 1 fully saturated rings. The third-order valence-electron chi connectivity index (χ3n) is 6.44. The van der Waals surface area contributed by atoms with Crippen molar-refractivity contribution >= 4 is 69.7 Å². The number of ether oxygens (including phenoxy) is 2. The van der Waals surface area contributed by atoms with Crippen molar-refractivity contribution in [2.75, 3.05) is 24.8 Å². The van der Waals surface area contributed by atoms with Crippen molar-refractivity contribution in [1.29, 1.82) is 0 Å². The van der Waals surface area contributed by atoms with Gasteiger partial charge in [0.1, 0.15) is 11.7 Å². The number of amides is 2. The van der Waals surface area contributed by atoms with E-state index in [0.29, 0.717) is 30.0 Å². The first-order valence-electron chi connectivity index (χ1n) is 13.4. The van der Waals surface area contributed by atoms with Gasteiger partial charge < -0.3 is 31.5 Å². The Bertz CT molecular complexity index is 1490. The summed E-state index contributed by atoms with van der Waals surface area (Å²) < 4.78 is 14.3. The van der Waals surface area contributed by atoms with Crippen LogP contribution in [0.3, 0.4) is 0 Å². The summed E-state index contributed by atoms with van der Waals surface area (Å²) in [5.41, 5.74) is 10.8. The number of hydrogen-bond donors (Lipinski definition) is 4. The van der Waals surface area contributed by atoms with E-state index in [4.69, 9.17) is 20.9 Å². The number of thioether (sulfide) groups is 2. The van der Waals surface area contributed by atoms with E-state index in [2.05, 4.69) is 24.8 Å². The predicted octanol–water partition coefficient (Wildman–Crippen LogP) is 1.47. The largest absolute Gasteiger partial charge is 0.427 e. The van der Waals surface area contributed by atoms with Gasteiger partial charge in [0, 0.05) is 51.8 Å². The molecule has 2 aromatic heterocycles. The van der Waals surface area contributed by atoms with Crippen molar-refractivity contribution in [1.82, 2.24) is 24.6 Å². The molecule has 2 unspecified atom stereocenters. The van der Waals surface area contributed by atoms with Crippen LogP contribution in [0, 0.1) is 5.41 Å². The van der Waals surface area contributed by atoms with Gasteiger partial charge in [-0.05, 0) is 45.2 Å². The van der Waals surface area contributed by atoms with Crippen molar-refractivity contribution in [3.05, 3.63) is 40.5 Å². The Morgan fingerprint density at radius 3 is 2.73 bits per heavy atom. The van der Waals surface area contributed by atoms with Gasteiger partial charge in [0.05, 0.1) is 11.5 Å². The fourth-order valence-electron chi connectivity index (χ4n) is 4.29. The number of nitrogens with one attached hydrogen (secondary N) is 1. The third-order valence-corrected chi connectivity index (χ3v) is 9.29. The van der Waals surface area contributed by atoms with Crippen LogP contribution in [0.2, 0.25) is 0 Å². The van der Waals surface area contributed by atoms with Gasteiger partial charge >= 0.3 is 11.9 Å². The first kappa shape index (κ1) is 33.2. The van der Waals surface area contributed by atoms with E-state index in [-0.39, 0.29) is 16.7 Å². The van der Waals surface area contributed by atoms with E-state index in [1.807, 2.05) is 6.07 Å². The number of allylic oxidation sites excluding steroid dienone is 1. The Hall–Kier alpha value is -3.74. The van der Waals surface area contributed by atoms with Crippen LogP contribution in [0.5, 0.6) is 0 Å². The molecule has 4 heterocycles. The van der Waals surface area contributed by atoms with Crippen molar-refractivity contribution in [2.45, 2.75) is 56.3 Å². The summed E-state index contributed by atoms with van der Waals surface area (Å²) in [6.45, 7) is 4.89. The smallest absolute Gasteiger partial charge is 0.358 e. The zero-order chi connectivity index (χ0) is 32.0. The Labute approximate surface area is 265 Å². The highest BCUT2D eigenvalue weighted by atomic mass is 32.2. The Morgan fingerprint density at radius 1 is 1.30 bits per heavy atom. The molecule has 0 aromatic carbocycles. The number of β-lactam (4-membered cyclic amide) rings is 1. The van der Waals surface area contributed by atoms with Crippen LogP contribution in [0.15, 0.2) is 39.1 Å². The monoisotopic (exact) mass is 664 g/mol. The van der Waals surface area contributed by atoms with Gasteiger partial charge in [0.15, 0.2) is 5.13 Å². The van der Waals surface area contributed by atoms with Crippen LogP contribution in [0.4, 0.5) is 5.13 Å². The molecular weight excluding hydrogens is 633 g/mol. The molecule has 2 atom stereocenters. The molecular formula is C26H32N8O7S3. The van der Waals surface area contributed by atoms with E-state index >= 15 is 0 Å². The minimum absolute atomic E-state index is 0.00378. The molecule has 18 heteroatoms. The molecule has 2 aromatic rings. The maximum atomic E-state index is 13.5. The van der Waals surface area contributed by atoms with Crippen molar-refractivity contribution < 1.29 is 33.9 Å². The fourth-order valence-corrected chi connectivity index (χ4v) is 6.73. The first-order chi connectivity index (χ1) is 21.0. The van der Waals surface area contributed by atoms with E-state index in [0.717, 1.165) is 27.7 Å². The van der Waals surface area contributed by atoms with Gasteiger partial charge in [-0.15, -0.1) is 0 Å². The van der Waals surface area contributed by atoms with Crippen molar-refractivity contribution in [2.24, 2.45) is 16.3 Å². The maximum absolute atomic E-state index is 13.5. The number of carbonyl (C=O) groups is 4. The molecule has 0 saturated carbocycles. The minimum Gasteiger partial charge on any atom is -0.427 e. The average molecular weight is 665 g/mol. The molecule has 2 amide bonds. The molecule has 4 rings (SSSR count). The lowest BCUT2D eigenvalue weighted by molar-refractivity contribution is -0.174. The summed E-state index contributed by atoms with van der Waals surface area (Å²) in [6.07, 6.45) is 4.17. The Kier molecular flexibility index (Phi) is 10.8. The van der Waals surface area contributed by atoms with Crippen LogP contribution >= 0.6 is 35.1 Å². The molecule has 44 heavy (non-hydrogen) atoms. The van der Waals surface area contributed by atoms with Crippen molar-refractivity contribution in [3.63, 3.8) is 0 Å². The van der Waals surface area contributed by atoms with Gasteiger partial charge in [-0.3, -0.25) is 24.3 Å². The summed E-state index contributed by atoms with van der Waals surface area (Å²) in [7, 11) is 0. The lowest BCUT2D eigenvalue weighted by atomic mass is 9.86. The van der Waals surface area contributed by atoms with Crippen LogP contribution < -0.4 is 16.8 Å². The number of fused-ring (bicyclic) bond motifs is 1. The summed E-state index contributed by atoms with van der Waals surface area (Å²) in [5.74, 6) is -1.66. The Morgan fingerprint density at radius 2 is 2.07 bits per heavy atom. The second-order valence-corrected chi connectivity index (χ2v) is 13.6. The second kappa shape index (κ2) is 14.4. The second-order valence-electron chi connectivity index (χ2n) is 10.6. The number of carbonyl (C=O) groups excluding carboxylic acids is 4. The SMILES string of the molecule is CC(C)(C)C(=O)OCOC(=O)C1=C(Sc2ccncc2CSCCN)CCC2C(NC(=O)/C(=N\O)c3nsc(N)n3)C(=O)N12. The average Bonchev–Trinajstić information content (AvgIpc) is 3.41. The highest BCUT2D eigenvalue weighted by molar-refractivity contribution is 8.03. The lowest BCUT2D eigenvalue weighted by Gasteiger charge is -2.50. The fraction of sp³-hybridized carbons (Fsp3) is 0.462. The number of esters is 2. The molecule has 0 bridgehead atoms. The predicted molar refractivity (Wildman–Crippen MR) is 163 cm³/mol. The van der Waals surface area contributed by atoms with Crippen LogP contribution in [-0.2, 0) is 34.4 Å². The Balaban J connectivity index is 1.57. The first-order valence-corrected chi connectivity index (χ1v) is 16.1. The molecule has 6 N–H and O–H groups in total. The summed E-state index contributed by atoms with van der Waals surface area (Å²) >= 11 is 3.78. The van der Waals surface area contributed by atoms with E-state index in [1.54, 1.807) is 44.9 Å². The standard InChI is InChI=1S/C26H32N8O7S3/c1-26(2,3)24(38)41-12-40-23(37)19-16(43-15-6-8-29-10-13(15)11-42-9-7-27)5-4-14-17(22(36)34(14)19)30-21(35)18(32-39)20-31-25(28)44-33-20/h6,8,10,14,17,39H,4-5,7,9,11-12,27H2,1-3H3,(H,30,35)(H2,28,31,33)/b32-18-. The van der Waals surface area contributed by atoms with E-state index in [1.165, 1.54) is 16.7 Å². The molecule has 0 spiro atoms. The summed E-state index contributed by atoms with van der Waals surface area (Å²) in [6, 6.07) is 0.208. The number of nitrogens with two attached hydrogens (primary N) is 2. The number of hydrogen-bond acceptors (Lipinski definition) is 16. The highest BCUT2D eigenvalue weighted by Crippen LogP contribution is 2.44. The van der Waals surface area contributed by atoms with Crippen molar-refractivity contribution in [3.8, 4) is 0 Å². The number of oxime groups is 1. The molecule has 0 aliphatic carbocycles. The number of pyridine rings is 1. The zero-order valence-electron chi connectivity index (χ0n) is 24.1. The zero-order valence-corrected chi connectivity index (χ0v) is 26.6. The number of nitrogen functional groups attached to an aromatic ring is 1. The summed E-state index contributed by atoms with van der Waals surface area (Å²) in [4.78, 5) is 62.8. The van der Waals surface area contributed by atoms with E-state index < -0.39 is 53.8 Å². The van der Waals surface area contributed by atoms with Gasteiger partial charge in [-0.2, -0.15) is 21.1 Å². The topological polar surface area (TPSA) is 225 Å². The number of rotatable bonds is 12.